The number of anilines is 1. The largest absolute Gasteiger partial charge is 0.497 e. The SMILES string of the molecule is COCCOCNC(=O)Nc1ccc(OC)cc1. The monoisotopic (exact) mass is 254 g/mol. The molecule has 0 aromatic heterocycles. The van der Waals surface area contributed by atoms with Crippen molar-refractivity contribution in [3.8, 4) is 5.75 Å². The van der Waals surface area contributed by atoms with Gasteiger partial charge in [-0.25, -0.2) is 4.79 Å². The van der Waals surface area contributed by atoms with Crippen LogP contribution in [-0.2, 0) is 9.47 Å². The third-order valence-corrected chi connectivity index (χ3v) is 2.11. The summed E-state index contributed by atoms with van der Waals surface area (Å²) in [5.41, 5.74) is 0.685. The Morgan fingerprint density at radius 2 is 1.89 bits per heavy atom. The summed E-state index contributed by atoms with van der Waals surface area (Å²) >= 11 is 0. The fraction of sp³-hybridized carbons (Fsp3) is 0.417. The van der Waals surface area contributed by atoms with Gasteiger partial charge in [-0.15, -0.1) is 0 Å². The number of carbonyl (C=O) groups is 1. The van der Waals surface area contributed by atoms with E-state index in [-0.39, 0.29) is 12.8 Å². The van der Waals surface area contributed by atoms with E-state index in [9.17, 15) is 4.79 Å². The van der Waals surface area contributed by atoms with Gasteiger partial charge in [-0.05, 0) is 24.3 Å². The van der Waals surface area contributed by atoms with Gasteiger partial charge in [-0.3, -0.25) is 0 Å². The molecule has 1 rings (SSSR count). The minimum Gasteiger partial charge on any atom is -0.497 e. The van der Waals surface area contributed by atoms with Crippen molar-refractivity contribution in [2.45, 2.75) is 0 Å². The van der Waals surface area contributed by atoms with E-state index >= 15 is 0 Å². The molecule has 0 atom stereocenters. The number of nitrogens with one attached hydrogen (secondary N) is 2. The average molecular weight is 254 g/mol. The number of hydrogen-bond acceptors (Lipinski definition) is 4. The molecule has 0 fully saturated rings. The Bertz CT molecular complexity index is 354. The molecule has 0 radical (unpaired) electrons. The molecule has 2 amide bonds. The Hall–Kier alpha value is -1.79. The smallest absolute Gasteiger partial charge is 0.321 e. The highest BCUT2D eigenvalue weighted by Gasteiger charge is 2.00. The number of methoxy groups -OCH3 is 2. The minimum atomic E-state index is -0.322. The van der Waals surface area contributed by atoms with Crippen molar-refractivity contribution in [1.29, 1.82) is 0 Å². The lowest BCUT2D eigenvalue weighted by atomic mass is 10.3. The summed E-state index contributed by atoms with van der Waals surface area (Å²) in [4.78, 5) is 11.4. The molecule has 0 spiro atoms. The van der Waals surface area contributed by atoms with Crippen molar-refractivity contribution in [2.75, 3.05) is 39.5 Å². The molecular weight excluding hydrogens is 236 g/mol. The van der Waals surface area contributed by atoms with Gasteiger partial charge in [-0.1, -0.05) is 0 Å². The lowest BCUT2D eigenvalue weighted by molar-refractivity contribution is 0.0650. The molecule has 18 heavy (non-hydrogen) atoms. The van der Waals surface area contributed by atoms with Crippen LogP contribution in [0.5, 0.6) is 5.75 Å². The Kier molecular flexibility index (Phi) is 6.60. The van der Waals surface area contributed by atoms with Crippen LogP contribution in [0, 0.1) is 0 Å². The Morgan fingerprint density at radius 3 is 2.50 bits per heavy atom. The topological polar surface area (TPSA) is 68.8 Å². The second-order valence-electron chi connectivity index (χ2n) is 3.40. The summed E-state index contributed by atoms with van der Waals surface area (Å²) in [6, 6.07) is 6.72. The standard InChI is InChI=1S/C12H18N2O4/c1-16-7-8-18-9-13-12(15)14-10-3-5-11(17-2)6-4-10/h3-6H,7-9H2,1-2H3,(H2,13,14,15). The number of benzene rings is 1. The van der Waals surface area contributed by atoms with Crippen molar-refractivity contribution >= 4 is 11.7 Å². The van der Waals surface area contributed by atoms with Crippen LogP contribution >= 0.6 is 0 Å². The molecule has 0 aliphatic rings. The van der Waals surface area contributed by atoms with Crippen LogP contribution in [0.15, 0.2) is 24.3 Å². The molecule has 0 saturated heterocycles. The van der Waals surface area contributed by atoms with Crippen LogP contribution in [0.4, 0.5) is 10.5 Å². The van der Waals surface area contributed by atoms with Crippen molar-refractivity contribution < 1.29 is 19.0 Å². The van der Waals surface area contributed by atoms with Crippen LogP contribution in [0.3, 0.4) is 0 Å². The first kappa shape index (κ1) is 14.3. The molecular formula is C12H18N2O4. The molecule has 6 heteroatoms. The van der Waals surface area contributed by atoms with E-state index in [2.05, 4.69) is 10.6 Å². The maximum absolute atomic E-state index is 11.4. The van der Waals surface area contributed by atoms with Gasteiger partial charge >= 0.3 is 6.03 Å². The fourth-order valence-corrected chi connectivity index (χ4v) is 1.18. The van der Waals surface area contributed by atoms with Crippen LogP contribution in [-0.4, -0.2) is 40.2 Å². The van der Waals surface area contributed by atoms with Gasteiger partial charge < -0.3 is 24.8 Å². The van der Waals surface area contributed by atoms with Crippen LogP contribution in [0.2, 0.25) is 0 Å². The number of carbonyl (C=O) groups excluding carboxylic acids is 1. The highest BCUT2D eigenvalue weighted by atomic mass is 16.5. The summed E-state index contributed by atoms with van der Waals surface area (Å²) in [6.07, 6.45) is 0. The van der Waals surface area contributed by atoms with E-state index in [4.69, 9.17) is 14.2 Å². The van der Waals surface area contributed by atoms with Crippen molar-refractivity contribution in [3.63, 3.8) is 0 Å². The number of ether oxygens (including phenoxy) is 3. The summed E-state index contributed by atoms with van der Waals surface area (Å²) in [7, 11) is 3.18. The molecule has 1 aromatic carbocycles. The quantitative estimate of drug-likeness (QED) is 0.570. The predicted octanol–water partition coefficient (Wildman–Crippen LogP) is 1.44. The summed E-state index contributed by atoms with van der Waals surface area (Å²) < 4.78 is 14.9. The van der Waals surface area contributed by atoms with Crippen molar-refractivity contribution in [1.82, 2.24) is 5.32 Å². The van der Waals surface area contributed by atoms with Crippen LogP contribution in [0.25, 0.3) is 0 Å². The fourth-order valence-electron chi connectivity index (χ4n) is 1.18. The number of rotatable bonds is 7. The highest BCUT2D eigenvalue weighted by molar-refractivity contribution is 5.89. The van der Waals surface area contributed by atoms with Gasteiger partial charge in [0.25, 0.3) is 0 Å². The maximum Gasteiger partial charge on any atom is 0.321 e. The first-order valence-corrected chi connectivity index (χ1v) is 5.52. The minimum absolute atomic E-state index is 0.144. The Labute approximate surface area is 106 Å². The number of hydrogen-bond donors (Lipinski definition) is 2. The van der Waals surface area contributed by atoms with E-state index < -0.39 is 0 Å². The zero-order valence-electron chi connectivity index (χ0n) is 10.6. The molecule has 0 saturated carbocycles. The molecule has 0 unspecified atom stereocenters. The maximum atomic E-state index is 11.4. The zero-order chi connectivity index (χ0) is 13.2. The van der Waals surface area contributed by atoms with Gasteiger partial charge in [0.1, 0.15) is 12.5 Å². The van der Waals surface area contributed by atoms with Gasteiger partial charge in [0, 0.05) is 12.8 Å². The molecule has 100 valence electrons. The van der Waals surface area contributed by atoms with E-state index in [1.54, 1.807) is 38.5 Å². The van der Waals surface area contributed by atoms with E-state index in [0.717, 1.165) is 5.75 Å². The summed E-state index contributed by atoms with van der Waals surface area (Å²) in [5.74, 6) is 0.740. The first-order chi connectivity index (χ1) is 8.76. The van der Waals surface area contributed by atoms with Gasteiger partial charge in [0.2, 0.25) is 0 Å². The van der Waals surface area contributed by atoms with E-state index in [0.29, 0.717) is 18.9 Å². The Morgan fingerprint density at radius 1 is 1.17 bits per heavy atom. The van der Waals surface area contributed by atoms with Crippen LogP contribution in [0.1, 0.15) is 0 Å². The van der Waals surface area contributed by atoms with Crippen molar-refractivity contribution in [2.24, 2.45) is 0 Å². The molecule has 0 bridgehead atoms. The third kappa shape index (κ3) is 5.51. The van der Waals surface area contributed by atoms with E-state index in [1.165, 1.54) is 0 Å². The molecule has 1 aromatic rings. The van der Waals surface area contributed by atoms with Crippen molar-refractivity contribution in [3.05, 3.63) is 24.3 Å². The molecule has 0 aliphatic heterocycles. The average Bonchev–Trinajstić information content (AvgIpc) is 2.39. The molecule has 0 heterocycles. The lowest BCUT2D eigenvalue weighted by Crippen LogP contribution is -2.31. The second-order valence-corrected chi connectivity index (χ2v) is 3.40. The lowest BCUT2D eigenvalue weighted by Gasteiger charge is -2.08. The molecule has 0 aliphatic carbocycles. The van der Waals surface area contributed by atoms with Gasteiger partial charge in [0.15, 0.2) is 0 Å². The first-order valence-electron chi connectivity index (χ1n) is 5.52. The summed E-state index contributed by atoms with van der Waals surface area (Å²) in [5, 5.41) is 5.23. The number of amides is 2. The number of urea groups is 1. The predicted molar refractivity (Wildman–Crippen MR) is 67.8 cm³/mol. The Balaban J connectivity index is 2.22. The molecule has 6 nitrogen and oxygen atoms in total. The van der Waals surface area contributed by atoms with Crippen LogP contribution < -0.4 is 15.4 Å². The molecule has 2 N–H and O–H groups in total. The summed E-state index contributed by atoms with van der Waals surface area (Å²) in [6.45, 7) is 1.09. The van der Waals surface area contributed by atoms with Gasteiger partial charge in [-0.2, -0.15) is 0 Å². The normalized spacial score (nSPS) is 9.89. The second kappa shape index (κ2) is 8.32. The highest BCUT2D eigenvalue weighted by Crippen LogP contribution is 2.14. The van der Waals surface area contributed by atoms with E-state index in [1.807, 2.05) is 0 Å². The zero-order valence-corrected chi connectivity index (χ0v) is 10.6. The third-order valence-electron chi connectivity index (χ3n) is 2.11. The van der Waals surface area contributed by atoms with Gasteiger partial charge in [0.05, 0.1) is 20.3 Å².